The summed E-state index contributed by atoms with van der Waals surface area (Å²) in [5, 5.41) is 5.36. The SMILES string of the molecule is CCC(Sc1nc(=S)c2cnn(-c3ccccc3)c2[nH]1)C(N)=O. The van der Waals surface area contributed by atoms with Crippen LogP contribution in [0.5, 0.6) is 0 Å². The number of rotatable bonds is 5. The summed E-state index contributed by atoms with van der Waals surface area (Å²) in [6, 6.07) is 9.73. The third kappa shape index (κ3) is 3.13. The second kappa shape index (κ2) is 6.51. The number of para-hydroxylation sites is 1. The summed E-state index contributed by atoms with van der Waals surface area (Å²) in [7, 11) is 0. The minimum Gasteiger partial charge on any atom is -0.369 e. The normalized spacial score (nSPS) is 12.4. The zero-order chi connectivity index (χ0) is 16.4. The molecule has 0 aliphatic rings. The first-order valence-corrected chi connectivity index (χ1v) is 8.38. The number of nitrogens with one attached hydrogen (secondary N) is 1. The lowest BCUT2D eigenvalue weighted by Gasteiger charge is -2.10. The molecule has 0 saturated carbocycles. The lowest BCUT2D eigenvalue weighted by atomic mass is 10.3. The highest BCUT2D eigenvalue weighted by molar-refractivity contribution is 8.00. The standard InChI is InChI=1S/C15H15N5OS2/c1-2-11(12(16)21)23-15-18-13-10(14(22)19-15)8-17-20(13)9-6-4-3-5-7-9/h3-8,11H,2H2,1H3,(H2,16,21)(H,18,19,22). The molecule has 0 radical (unpaired) electrons. The van der Waals surface area contributed by atoms with Gasteiger partial charge in [-0.25, -0.2) is 9.67 Å². The molecule has 0 bridgehead atoms. The van der Waals surface area contributed by atoms with Gasteiger partial charge in [0.15, 0.2) is 5.16 Å². The Kier molecular flexibility index (Phi) is 4.44. The van der Waals surface area contributed by atoms with E-state index in [4.69, 9.17) is 18.0 Å². The average Bonchev–Trinajstić information content (AvgIpc) is 2.97. The van der Waals surface area contributed by atoms with Gasteiger partial charge < -0.3 is 10.7 Å². The molecule has 0 aliphatic heterocycles. The van der Waals surface area contributed by atoms with Crippen LogP contribution in [0.4, 0.5) is 0 Å². The smallest absolute Gasteiger partial charge is 0.231 e. The summed E-state index contributed by atoms with van der Waals surface area (Å²) in [5.74, 6) is -0.365. The molecular formula is C15H15N5OS2. The van der Waals surface area contributed by atoms with E-state index in [9.17, 15) is 4.79 Å². The van der Waals surface area contributed by atoms with Crippen molar-refractivity contribution in [3.05, 3.63) is 41.2 Å². The first-order chi connectivity index (χ1) is 11.1. The first-order valence-electron chi connectivity index (χ1n) is 7.09. The molecule has 23 heavy (non-hydrogen) atoms. The predicted molar refractivity (Wildman–Crippen MR) is 93.2 cm³/mol. The van der Waals surface area contributed by atoms with Crippen molar-refractivity contribution in [1.82, 2.24) is 19.7 Å². The van der Waals surface area contributed by atoms with E-state index >= 15 is 0 Å². The number of nitrogens with two attached hydrogens (primary N) is 1. The minimum absolute atomic E-state index is 0.348. The molecule has 1 aromatic carbocycles. The molecule has 2 aromatic heterocycles. The predicted octanol–water partition coefficient (Wildman–Crippen LogP) is 2.83. The van der Waals surface area contributed by atoms with E-state index in [0.29, 0.717) is 16.2 Å². The second-order valence-corrected chi connectivity index (χ2v) is 6.50. The van der Waals surface area contributed by atoms with Crippen molar-refractivity contribution in [3.63, 3.8) is 0 Å². The third-order valence-corrected chi connectivity index (χ3v) is 4.95. The molecule has 1 atom stereocenters. The van der Waals surface area contributed by atoms with E-state index in [1.165, 1.54) is 11.8 Å². The zero-order valence-electron chi connectivity index (χ0n) is 12.4. The fourth-order valence-electron chi connectivity index (χ4n) is 2.21. The molecule has 0 saturated heterocycles. The van der Waals surface area contributed by atoms with Gasteiger partial charge in [-0.2, -0.15) is 5.10 Å². The molecule has 3 rings (SSSR count). The topological polar surface area (TPSA) is 89.6 Å². The Balaban J connectivity index is 2.09. The van der Waals surface area contributed by atoms with Crippen molar-refractivity contribution in [2.24, 2.45) is 5.73 Å². The summed E-state index contributed by atoms with van der Waals surface area (Å²) >= 11 is 6.63. The highest BCUT2D eigenvalue weighted by atomic mass is 32.2. The van der Waals surface area contributed by atoms with Crippen LogP contribution >= 0.6 is 24.0 Å². The number of benzene rings is 1. The highest BCUT2D eigenvalue weighted by Gasteiger charge is 2.17. The van der Waals surface area contributed by atoms with E-state index in [1.807, 2.05) is 37.3 Å². The van der Waals surface area contributed by atoms with Crippen LogP contribution in [-0.2, 0) is 4.79 Å². The van der Waals surface area contributed by atoms with Crippen LogP contribution in [0.2, 0.25) is 0 Å². The highest BCUT2D eigenvalue weighted by Crippen LogP contribution is 2.25. The Bertz CT molecular complexity index is 903. The Morgan fingerprint density at radius 2 is 2.17 bits per heavy atom. The number of nitrogens with zero attached hydrogens (tertiary/aromatic N) is 3. The Labute approximate surface area is 142 Å². The average molecular weight is 345 g/mol. The van der Waals surface area contributed by atoms with Crippen molar-refractivity contribution in [1.29, 1.82) is 0 Å². The van der Waals surface area contributed by atoms with Crippen LogP contribution in [0.25, 0.3) is 16.7 Å². The lowest BCUT2D eigenvalue weighted by Crippen LogP contribution is -2.25. The van der Waals surface area contributed by atoms with E-state index in [-0.39, 0.29) is 11.2 Å². The van der Waals surface area contributed by atoms with Gasteiger partial charge in [0.25, 0.3) is 0 Å². The van der Waals surface area contributed by atoms with Gasteiger partial charge in [0.05, 0.1) is 22.5 Å². The molecular weight excluding hydrogens is 330 g/mol. The maximum absolute atomic E-state index is 11.4. The van der Waals surface area contributed by atoms with E-state index in [0.717, 1.165) is 16.7 Å². The third-order valence-electron chi connectivity index (χ3n) is 3.37. The second-order valence-electron chi connectivity index (χ2n) is 4.92. The van der Waals surface area contributed by atoms with Crippen LogP contribution in [0.1, 0.15) is 13.3 Å². The van der Waals surface area contributed by atoms with Gasteiger partial charge in [0.1, 0.15) is 10.3 Å². The number of aromatic nitrogens is 4. The molecule has 1 unspecified atom stereocenters. The number of H-pyrrole nitrogens is 1. The number of carbonyl (C=O) groups is 1. The van der Waals surface area contributed by atoms with Crippen molar-refractivity contribution in [2.75, 3.05) is 0 Å². The van der Waals surface area contributed by atoms with Gasteiger partial charge in [-0.1, -0.05) is 49.1 Å². The molecule has 3 aromatic rings. The van der Waals surface area contributed by atoms with Crippen molar-refractivity contribution < 1.29 is 4.79 Å². The van der Waals surface area contributed by atoms with Crippen molar-refractivity contribution >= 4 is 40.9 Å². The molecule has 6 nitrogen and oxygen atoms in total. The molecule has 0 spiro atoms. The van der Waals surface area contributed by atoms with Crippen LogP contribution in [0.15, 0.2) is 41.7 Å². The zero-order valence-corrected chi connectivity index (χ0v) is 14.0. The van der Waals surface area contributed by atoms with E-state index < -0.39 is 0 Å². The minimum atomic E-state index is -0.365. The Hall–Kier alpha value is -2.19. The number of primary amides is 1. The van der Waals surface area contributed by atoms with Crippen LogP contribution in [0.3, 0.4) is 0 Å². The van der Waals surface area contributed by atoms with Crippen LogP contribution in [-0.4, -0.2) is 30.9 Å². The lowest BCUT2D eigenvalue weighted by molar-refractivity contribution is -0.117. The molecule has 3 N–H and O–H groups in total. The number of hydrogen-bond acceptors (Lipinski definition) is 5. The molecule has 1 amide bonds. The first kappa shape index (κ1) is 15.7. The molecule has 118 valence electrons. The fourth-order valence-corrected chi connectivity index (χ4v) is 3.36. The fraction of sp³-hybridized carbons (Fsp3) is 0.200. The Morgan fingerprint density at radius 1 is 1.43 bits per heavy atom. The summed E-state index contributed by atoms with van der Waals surface area (Å²) < 4.78 is 2.21. The summed E-state index contributed by atoms with van der Waals surface area (Å²) in [5.41, 5.74) is 7.06. The number of carbonyl (C=O) groups excluding carboxylic acids is 1. The van der Waals surface area contributed by atoms with Crippen molar-refractivity contribution in [2.45, 2.75) is 23.8 Å². The monoisotopic (exact) mass is 345 g/mol. The van der Waals surface area contributed by atoms with Gasteiger partial charge in [0.2, 0.25) is 5.91 Å². The van der Waals surface area contributed by atoms with E-state index in [1.54, 1.807) is 10.9 Å². The van der Waals surface area contributed by atoms with Gasteiger partial charge in [0, 0.05) is 0 Å². The summed E-state index contributed by atoms with van der Waals surface area (Å²) in [6.45, 7) is 1.91. The molecule has 0 fully saturated rings. The summed E-state index contributed by atoms with van der Waals surface area (Å²) in [4.78, 5) is 19.0. The number of thioether (sulfide) groups is 1. The number of amides is 1. The summed E-state index contributed by atoms with van der Waals surface area (Å²) in [6.07, 6.45) is 2.31. The van der Waals surface area contributed by atoms with Gasteiger partial charge >= 0.3 is 0 Å². The van der Waals surface area contributed by atoms with Gasteiger partial charge in [-0.05, 0) is 18.6 Å². The van der Waals surface area contributed by atoms with Crippen molar-refractivity contribution in [3.8, 4) is 5.69 Å². The molecule has 8 heteroatoms. The number of fused-ring (bicyclic) bond motifs is 1. The van der Waals surface area contributed by atoms with Gasteiger partial charge in [-0.15, -0.1) is 0 Å². The van der Waals surface area contributed by atoms with Crippen LogP contribution in [0, 0.1) is 4.64 Å². The molecule has 2 heterocycles. The van der Waals surface area contributed by atoms with Gasteiger partial charge in [-0.3, -0.25) is 4.79 Å². The largest absolute Gasteiger partial charge is 0.369 e. The maximum atomic E-state index is 11.4. The molecule has 0 aliphatic carbocycles. The number of hydrogen-bond donors (Lipinski definition) is 2. The quantitative estimate of drug-likeness (QED) is 0.422. The Morgan fingerprint density at radius 3 is 2.83 bits per heavy atom. The van der Waals surface area contributed by atoms with E-state index in [2.05, 4.69) is 15.1 Å². The number of aromatic amines is 1. The van der Waals surface area contributed by atoms with Crippen LogP contribution < -0.4 is 5.73 Å². The maximum Gasteiger partial charge on any atom is 0.231 e.